The third-order valence-electron chi connectivity index (χ3n) is 24.3. The summed E-state index contributed by atoms with van der Waals surface area (Å²) >= 11 is 0. The lowest BCUT2D eigenvalue weighted by molar-refractivity contribution is 0.827. The topological polar surface area (TPSA) is 0 Å². The zero-order valence-corrected chi connectivity index (χ0v) is 64.9. The molecule has 0 N–H and O–H groups in total. The van der Waals surface area contributed by atoms with Crippen LogP contribution in [0.5, 0.6) is 0 Å². The first kappa shape index (κ1) is 69.5. The largest absolute Gasteiger partial charge is 0.0941 e. The van der Waals surface area contributed by atoms with Gasteiger partial charge in [-0.3, -0.25) is 0 Å². The van der Waals surface area contributed by atoms with Crippen LogP contribution in [0.15, 0.2) is 36.4 Å². The van der Waals surface area contributed by atoms with Gasteiger partial charge < -0.3 is 0 Å². The van der Waals surface area contributed by atoms with Gasteiger partial charge in [-0.05, 0) is 132 Å². The van der Waals surface area contributed by atoms with Crippen molar-refractivity contribution in [3.05, 3.63) is 36.4 Å². The van der Waals surface area contributed by atoms with E-state index >= 15 is 0 Å². The lowest BCUT2D eigenvalue weighted by atomic mass is 9.94. The predicted octanol–water partition coefficient (Wildman–Crippen LogP) is 22.5. The Morgan fingerprint density at radius 2 is 0.205 bits per heavy atom. The molecule has 0 radical (unpaired) electrons. The molecule has 0 aromatic heterocycles. The average Bonchev–Trinajstić information content (AvgIpc) is 3.25. The molecule has 0 unspecified atom stereocenters. The highest BCUT2D eigenvalue weighted by atomic mass is 28.3. The van der Waals surface area contributed by atoms with Crippen LogP contribution < -0.4 is 31.1 Å². The lowest BCUT2D eigenvalue weighted by Gasteiger charge is -2.52. The third-order valence-corrected chi connectivity index (χ3v) is 67.6. The van der Waals surface area contributed by atoms with Crippen molar-refractivity contribution < 1.29 is 0 Å². The van der Waals surface area contributed by atoms with E-state index in [0.717, 1.165) is 0 Å². The van der Waals surface area contributed by atoms with Crippen molar-refractivity contribution in [3.8, 4) is 0 Å². The monoisotopic (exact) mass is 1160 g/mol. The molecule has 444 valence electrons. The summed E-state index contributed by atoms with van der Waals surface area (Å²) in [5.74, 6) is 0. The fourth-order valence-corrected chi connectivity index (χ4v) is 67.6. The Kier molecular flexibility index (Phi) is 22.2. The second-order valence-electron chi connectivity index (χ2n) is 32.2. The summed E-state index contributed by atoms with van der Waals surface area (Å²) in [5.41, 5.74) is 11.1. The van der Waals surface area contributed by atoms with Crippen LogP contribution >= 0.6 is 0 Å². The van der Waals surface area contributed by atoms with Gasteiger partial charge in [0, 0.05) is 0 Å². The molecule has 0 amide bonds. The summed E-state index contributed by atoms with van der Waals surface area (Å²) in [6.07, 6.45) is 0. The minimum atomic E-state index is -2.25. The van der Waals surface area contributed by atoms with E-state index in [4.69, 9.17) is 0 Å². The Morgan fingerprint density at radius 3 is 0.256 bits per heavy atom. The van der Waals surface area contributed by atoms with E-state index in [0.29, 0.717) is 99.7 Å². The Morgan fingerprint density at radius 1 is 0.141 bits per heavy atom. The fraction of sp³-hybridized carbons (Fsp3) is 0.750. The Balaban J connectivity index is 3.00. The van der Waals surface area contributed by atoms with Crippen LogP contribution in [0.4, 0.5) is 0 Å². The maximum absolute atomic E-state index is 3.04. The predicted molar refractivity (Wildman–Crippen MR) is 383 cm³/mol. The van der Waals surface area contributed by atoms with Crippen molar-refractivity contribution in [2.75, 3.05) is 0 Å². The van der Waals surface area contributed by atoms with Crippen molar-refractivity contribution in [2.45, 2.75) is 349 Å². The van der Waals surface area contributed by atoms with Gasteiger partial charge in [-0.15, -0.1) is 0 Å². The van der Waals surface area contributed by atoms with E-state index in [1.54, 1.807) is 32.3 Å². The van der Waals surface area contributed by atoms with E-state index in [1.165, 1.54) is 0 Å². The summed E-state index contributed by atoms with van der Waals surface area (Å²) in [6.45, 7) is 95.7. The third kappa shape index (κ3) is 9.95. The minimum Gasteiger partial charge on any atom is -0.0648 e. The molecule has 78 heavy (non-hydrogen) atoms. The molecule has 4 aromatic rings. The number of benzene rings is 4. The Hall–Kier alpha value is -1.04. The summed E-state index contributed by atoms with van der Waals surface area (Å²) < 4.78 is 0. The number of hydrogen-bond donors (Lipinski definition) is 0. The van der Waals surface area contributed by atoms with Gasteiger partial charge in [-0.2, -0.15) is 0 Å². The fourth-order valence-electron chi connectivity index (χ4n) is 22.9. The van der Waals surface area contributed by atoms with Crippen molar-refractivity contribution >= 4 is 112 Å². The van der Waals surface area contributed by atoms with Crippen LogP contribution in [-0.2, 0) is 0 Å². The SMILES string of the molecule is CC(C)[Si](c1cc2c3cc([Si](C(C)C)(C(C)C)C(C)C)c([Si](C(C)C)(C(C)C)C(C)C)cc3c3cc([Si](C(C)C)(C(C)C)C(C)C)c([Si](C(C)C)(C(C)C)C(C)C)cc3c2cc1[Si](C(C)C)(C(C)C)C(C)C)(C(C)C)C(C)C. The highest BCUT2D eigenvalue weighted by Gasteiger charge is 2.56. The second-order valence-corrected chi connectivity index (χ2v) is 67.4. The zero-order chi connectivity index (χ0) is 60.6. The molecule has 6 heteroatoms. The van der Waals surface area contributed by atoms with Gasteiger partial charge in [0.25, 0.3) is 0 Å². The molecule has 0 bridgehead atoms. The molecular weight excluding hydrogens is 1030 g/mol. The zero-order valence-electron chi connectivity index (χ0n) is 58.9. The molecule has 0 nitrogen and oxygen atoms in total. The van der Waals surface area contributed by atoms with Crippen LogP contribution in [0, 0.1) is 0 Å². The highest BCUT2D eigenvalue weighted by molar-refractivity contribution is 7.06. The molecular formula is C72H132Si6. The molecule has 0 spiro atoms. The highest BCUT2D eigenvalue weighted by Crippen LogP contribution is 2.52. The lowest BCUT2D eigenvalue weighted by Crippen LogP contribution is -2.69. The van der Waals surface area contributed by atoms with Crippen molar-refractivity contribution in [1.82, 2.24) is 0 Å². The average molecular weight is 1170 g/mol. The molecule has 0 saturated carbocycles. The van der Waals surface area contributed by atoms with Crippen LogP contribution in [0.2, 0.25) is 99.7 Å². The first-order valence-corrected chi connectivity index (χ1v) is 46.6. The first-order valence-electron chi connectivity index (χ1n) is 33.2. The van der Waals surface area contributed by atoms with E-state index < -0.39 is 48.4 Å². The smallest absolute Gasteiger partial charge is 0.0648 e. The molecule has 0 heterocycles. The molecule has 0 saturated heterocycles. The summed E-state index contributed by atoms with van der Waals surface area (Å²) in [7, 11) is -13.5. The normalized spacial score (nSPS) is 14.7. The van der Waals surface area contributed by atoms with Crippen molar-refractivity contribution in [3.63, 3.8) is 0 Å². The Bertz CT molecular complexity index is 2030. The molecule has 0 aliphatic heterocycles. The maximum Gasteiger partial charge on any atom is 0.0941 e. The van der Waals surface area contributed by atoms with Gasteiger partial charge in [-0.25, -0.2) is 0 Å². The van der Waals surface area contributed by atoms with Crippen LogP contribution in [0.3, 0.4) is 0 Å². The summed E-state index contributed by atoms with van der Waals surface area (Å²) in [4.78, 5) is 0. The maximum atomic E-state index is 3.04. The van der Waals surface area contributed by atoms with E-state index in [9.17, 15) is 0 Å². The number of hydrogen-bond acceptors (Lipinski definition) is 0. The van der Waals surface area contributed by atoms with E-state index in [1.807, 2.05) is 31.1 Å². The molecule has 4 rings (SSSR count). The molecule has 0 fully saturated rings. The van der Waals surface area contributed by atoms with Crippen LogP contribution in [0.25, 0.3) is 32.3 Å². The molecule has 0 aliphatic rings. The van der Waals surface area contributed by atoms with Crippen molar-refractivity contribution in [1.29, 1.82) is 0 Å². The first-order chi connectivity index (χ1) is 35.6. The molecule has 4 aromatic carbocycles. The van der Waals surface area contributed by atoms with Gasteiger partial charge in [0.1, 0.15) is 0 Å². The van der Waals surface area contributed by atoms with E-state index in [2.05, 4.69) is 286 Å². The van der Waals surface area contributed by atoms with Gasteiger partial charge in [0.15, 0.2) is 0 Å². The van der Waals surface area contributed by atoms with Gasteiger partial charge >= 0.3 is 0 Å². The molecule has 0 atom stereocenters. The van der Waals surface area contributed by atoms with E-state index in [-0.39, 0.29) is 0 Å². The van der Waals surface area contributed by atoms with Crippen LogP contribution in [-0.4, -0.2) is 48.4 Å². The van der Waals surface area contributed by atoms with Gasteiger partial charge in [0.2, 0.25) is 0 Å². The minimum absolute atomic E-state index is 0.614. The number of rotatable bonds is 24. The van der Waals surface area contributed by atoms with Crippen molar-refractivity contribution in [2.24, 2.45) is 0 Å². The standard InChI is InChI=1S/C72H132Si6/c1-43(2)73(44(3)4,45(5)6)67-37-61-62(38-68(67)74(46(7)8,47(9)10)48(11)12)64-40-70(76(52(19)20,53(21)22)54(23)24)72(78(58(31)32,59(33)34)60(35)36)42-66(64)65-41-71(77(55(25)26,56(27)28)57(29)30)69(39-63(61)65)75(49(13)14,50(15)16)51(17)18/h37-60H,1-36H3. The van der Waals surface area contributed by atoms with Gasteiger partial charge in [-0.1, -0.05) is 317 Å². The Labute approximate surface area is 493 Å². The molecule has 0 aliphatic carbocycles. The summed E-state index contributed by atoms with van der Waals surface area (Å²) in [6, 6.07) is 18.2. The second kappa shape index (κ2) is 24.9. The van der Waals surface area contributed by atoms with Gasteiger partial charge in [0.05, 0.1) is 48.4 Å². The quantitative estimate of drug-likeness (QED) is 0.0485. The summed E-state index contributed by atoms with van der Waals surface area (Å²) in [5, 5.41) is 20.7. The van der Waals surface area contributed by atoms with Crippen LogP contribution in [0.1, 0.15) is 249 Å². The number of fused-ring (bicyclic) bond motifs is 6.